The van der Waals surface area contributed by atoms with Crippen molar-refractivity contribution in [2.75, 3.05) is 0 Å². The largest absolute Gasteiger partial charge is 0.355 e. The molecule has 9 rings (SSSR count). The van der Waals surface area contributed by atoms with Gasteiger partial charge in [0.15, 0.2) is 0 Å². The zero-order chi connectivity index (χ0) is 29.2. The van der Waals surface area contributed by atoms with Crippen LogP contribution in [0.15, 0.2) is 139 Å². The van der Waals surface area contributed by atoms with E-state index in [2.05, 4.69) is 151 Å². The summed E-state index contributed by atoms with van der Waals surface area (Å²) in [7, 11) is 0. The third-order valence-corrected chi connectivity index (χ3v) is 9.59. The number of rotatable bonds is 4. The second kappa shape index (κ2) is 9.82. The molecule has 2 unspecified atom stereocenters. The lowest BCUT2D eigenvalue weighted by atomic mass is 9.80. The van der Waals surface area contributed by atoms with Gasteiger partial charge in [0.1, 0.15) is 0 Å². The minimum atomic E-state index is 0.266. The van der Waals surface area contributed by atoms with Crippen molar-refractivity contribution < 1.29 is 0 Å². The number of aromatic nitrogens is 1. The number of allylic oxidation sites excluding steroid dienone is 6. The normalized spacial score (nSPS) is 18.6. The molecule has 0 saturated heterocycles. The second-order valence-corrected chi connectivity index (χ2v) is 12.1. The molecule has 1 heteroatoms. The fourth-order valence-corrected chi connectivity index (χ4v) is 7.73. The molecule has 6 aromatic rings. The SMILES string of the molecule is C/C=C\C=C/c1cc2cc(C3=C4C(=C(c5ccccc5)C5C=c6ccccc6=CC45)c4cc5ccccc5cc43)ccc2[nH]1. The summed E-state index contributed by atoms with van der Waals surface area (Å²) in [4.78, 5) is 3.59. The maximum atomic E-state index is 3.59. The zero-order valence-corrected chi connectivity index (χ0v) is 24.6. The molecule has 2 atom stereocenters. The first-order valence-electron chi connectivity index (χ1n) is 15.6. The van der Waals surface area contributed by atoms with Crippen molar-refractivity contribution in [3.63, 3.8) is 0 Å². The lowest BCUT2D eigenvalue weighted by Gasteiger charge is -2.23. The van der Waals surface area contributed by atoms with Crippen LogP contribution in [-0.2, 0) is 0 Å². The van der Waals surface area contributed by atoms with Gasteiger partial charge in [0.2, 0.25) is 0 Å². The van der Waals surface area contributed by atoms with Crippen LogP contribution < -0.4 is 10.4 Å². The summed E-state index contributed by atoms with van der Waals surface area (Å²) in [6, 6.07) is 42.8. The summed E-state index contributed by atoms with van der Waals surface area (Å²) in [6.45, 7) is 2.04. The Labute approximate surface area is 257 Å². The van der Waals surface area contributed by atoms with E-state index in [4.69, 9.17) is 0 Å². The van der Waals surface area contributed by atoms with E-state index in [1.54, 1.807) is 0 Å². The summed E-state index contributed by atoms with van der Waals surface area (Å²) < 4.78 is 0. The molecule has 5 aromatic carbocycles. The molecule has 0 spiro atoms. The lowest BCUT2D eigenvalue weighted by Crippen LogP contribution is -2.32. The zero-order valence-electron chi connectivity index (χ0n) is 24.6. The van der Waals surface area contributed by atoms with E-state index in [-0.39, 0.29) is 11.8 Å². The Morgan fingerprint density at radius 1 is 0.545 bits per heavy atom. The van der Waals surface area contributed by atoms with Crippen LogP contribution in [0.4, 0.5) is 0 Å². The van der Waals surface area contributed by atoms with Crippen molar-refractivity contribution in [3.8, 4) is 0 Å². The second-order valence-electron chi connectivity index (χ2n) is 12.1. The van der Waals surface area contributed by atoms with Crippen molar-refractivity contribution in [3.05, 3.63) is 177 Å². The van der Waals surface area contributed by atoms with E-state index in [1.807, 2.05) is 13.0 Å². The number of fused-ring (bicyclic) bond motifs is 8. The maximum Gasteiger partial charge on any atom is 0.0459 e. The molecule has 1 aromatic heterocycles. The highest BCUT2D eigenvalue weighted by Crippen LogP contribution is 2.60. The summed E-state index contributed by atoms with van der Waals surface area (Å²) >= 11 is 0. The van der Waals surface area contributed by atoms with Gasteiger partial charge in [0, 0.05) is 28.4 Å². The molecule has 1 N–H and O–H groups in total. The molecule has 1 nitrogen and oxygen atoms in total. The minimum absolute atomic E-state index is 0.266. The predicted octanol–water partition coefficient (Wildman–Crippen LogP) is 9.16. The fraction of sp³-hybridized carbons (Fsp3) is 0.0698. The van der Waals surface area contributed by atoms with Crippen molar-refractivity contribution in [2.45, 2.75) is 6.92 Å². The van der Waals surface area contributed by atoms with E-state index in [1.165, 1.54) is 71.1 Å². The molecular formula is C43H31N. The number of benzene rings is 5. The van der Waals surface area contributed by atoms with Crippen LogP contribution in [0.2, 0.25) is 0 Å². The van der Waals surface area contributed by atoms with Crippen molar-refractivity contribution in [1.82, 2.24) is 4.98 Å². The Morgan fingerprint density at radius 3 is 1.93 bits per heavy atom. The predicted molar refractivity (Wildman–Crippen MR) is 187 cm³/mol. The van der Waals surface area contributed by atoms with Crippen LogP contribution in [-0.4, -0.2) is 4.98 Å². The van der Waals surface area contributed by atoms with Crippen LogP contribution in [0.3, 0.4) is 0 Å². The molecule has 0 aliphatic heterocycles. The van der Waals surface area contributed by atoms with Crippen LogP contribution >= 0.6 is 0 Å². The number of aromatic amines is 1. The van der Waals surface area contributed by atoms with Gasteiger partial charge in [-0.25, -0.2) is 0 Å². The van der Waals surface area contributed by atoms with Crippen molar-refractivity contribution in [1.29, 1.82) is 0 Å². The highest BCUT2D eigenvalue weighted by atomic mass is 14.7. The Morgan fingerprint density at radius 2 is 1.20 bits per heavy atom. The van der Waals surface area contributed by atoms with E-state index in [0.29, 0.717) is 0 Å². The first-order chi connectivity index (χ1) is 21.8. The molecule has 1 heterocycles. The quantitative estimate of drug-likeness (QED) is 0.207. The van der Waals surface area contributed by atoms with Gasteiger partial charge in [-0.2, -0.15) is 0 Å². The third kappa shape index (κ3) is 3.79. The average molecular weight is 562 g/mol. The molecule has 0 saturated carbocycles. The molecule has 44 heavy (non-hydrogen) atoms. The fourth-order valence-electron chi connectivity index (χ4n) is 7.73. The van der Waals surface area contributed by atoms with Gasteiger partial charge in [-0.1, -0.05) is 115 Å². The summed E-state index contributed by atoms with van der Waals surface area (Å²) in [6.07, 6.45) is 13.4. The van der Waals surface area contributed by atoms with Crippen LogP contribution in [0.25, 0.3) is 56.6 Å². The molecule has 0 radical (unpaired) electrons. The molecule has 0 amide bonds. The summed E-state index contributed by atoms with van der Waals surface area (Å²) in [5.74, 6) is 0.549. The van der Waals surface area contributed by atoms with E-state index >= 15 is 0 Å². The van der Waals surface area contributed by atoms with Crippen LogP contribution in [0.1, 0.15) is 34.9 Å². The Bertz CT molecular complexity index is 2390. The Kier molecular flexibility index (Phi) is 5.61. The Balaban J connectivity index is 1.36. The van der Waals surface area contributed by atoms with Gasteiger partial charge < -0.3 is 4.98 Å². The van der Waals surface area contributed by atoms with Gasteiger partial charge in [-0.15, -0.1) is 0 Å². The number of H-pyrrole nitrogens is 1. The Hall–Kier alpha value is -5.40. The molecule has 208 valence electrons. The van der Waals surface area contributed by atoms with Crippen LogP contribution in [0, 0.1) is 11.8 Å². The molecule has 3 aliphatic rings. The van der Waals surface area contributed by atoms with Gasteiger partial charge in [-0.05, 0) is 109 Å². The summed E-state index contributed by atoms with van der Waals surface area (Å²) in [5.41, 5.74) is 13.3. The highest BCUT2D eigenvalue weighted by Gasteiger charge is 2.44. The van der Waals surface area contributed by atoms with E-state index < -0.39 is 0 Å². The molecule has 0 fully saturated rings. The first-order valence-corrected chi connectivity index (χ1v) is 15.6. The number of hydrogen-bond acceptors (Lipinski definition) is 0. The average Bonchev–Trinajstić information content (AvgIpc) is 3.72. The topological polar surface area (TPSA) is 15.8 Å². The molecule has 0 bridgehead atoms. The lowest BCUT2D eigenvalue weighted by molar-refractivity contribution is 0.755. The minimum Gasteiger partial charge on any atom is -0.355 e. The monoisotopic (exact) mass is 561 g/mol. The van der Waals surface area contributed by atoms with Gasteiger partial charge >= 0.3 is 0 Å². The van der Waals surface area contributed by atoms with Gasteiger partial charge in [0.05, 0.1) is 0 Å². The smallest absolute Gasteiger partial charge is 0.0459 e. The van der Waals surface area contributed by atoms with Crippen molar-refractivity contribution >= 4 is 56.6 Å². The van der Waals surface area contributed by atoms with Crippen molar-refractivity contribution in [2.24, 2.45) is 11.8 Å². The first kappa shape index (κ1) is 25.1. The van der Waals surface area contributed by atoms with E-state index in [9.17, 15) is 0 Å². The molecule has 3 aliphatic carbocycles. The number of nitrogens with one attached hydrogen (secondary N) is 1. The number of hydrogen-bond donors (Lipinski definition) is 1. The van der Waals surface area contributed by atoms with E-state index in [0.717, 1.165) is 11.2 Å². The standard InChI is InChI=1S/C43H31N/c1-2-3-5-18-34-22-33-21-32(19-20-39(33)44-34)41-36-24-29-15-9-11-17-31(29)26-38(36)42-40(27-12-6-4-7-13-27)35-23-28-14-8-10-16-30(28)25-37(35)43(41)42/h2-26,35,37,44H,1H3/b3-2-,18-5-. The molecular weight excluding hydrogens is 530 g/mol. The maximum absolute atomic E-state index is 3.59. The van der Waals surface area contributed by atoms with Gasteiger partial charge in [0.25, 0.3) is 0 Å². The van der Waals surface area contributed by atoms with Gasteiger partial charge in [-0.3, -0.25) is 0 Å². The third-order valence-electron chi connectivity index (χ3n) is 9.59. The summed E-state index contributed by atoms with van der Waals surface area (Å²) in [5, 5.41) is 6.46. The highest BCUT2D eigenvalue weighted by molar-refractivity contribution is 6.19. The van der Waals surface area contributed by atoms with Crippen LogP contribution in [0.5, 0.6) is 0 Å².